The van der Waals surface area contributed by atoms with Gasteiger partial charge in [0.05, 0.1) is 11.4 Å². The van der Waals surface area contributed by atoms with Crippen molar-refractivity contribution < 1.29 is 28.6 Å². The highest BCUT2D eigenvalue weighted by atomic mass is 19.1. The number of para-hydroxylation sites is 2. The molecule has 0 spiro atoms. The maximum absolute atomic E-state index is 14.2. The quantitative estimate of drug-likeness (QED) is 0.211. The molecule has 3 rings (SSSR count). The number of rotatable bonds is 9. The lowest BCUT2D eigenvalue weighted by molar-refractivity contribution is -0.111. The summed E-state index contributed by atoms with van der Waals surface area (Å²) in [7, 11) is 0. The van der Waals surface area contributed by atoms with Crippen molar-refractivity contribution in [2.24, 2.45) is 5.41 Å². The minimum Gasteiger partial charge on any atom is -0.505 e. The zero-order chi connectivity index (χ0) is 27.7. The van der Waals surface area contributed by atoms with Crippen LogP contribution in [0.3, 0.4) is 0 Å². The smallest absolute Gasteiger partial charge is 0.414 e. The first kappa shape index (κ1) is 27.9. The van der Waals surface area contributed by atoms with Crippen LogP contribution in [0.15, 0.2) is 84.9 Å². The number of halogens is 1. The fraction of sp³-hybridized carbons (Fsp3) is 0.207. The van der Waals surface area contributed by atoms with Gasteiger partial charge in [-0.05, 0) is 60.9 Å². The van der Waals surface area contributed by atoms with E-state index in [0.717, 1.165) is 6.07 Å². The van der Waals surface area contributed by atoms with Crippen LogP contribution in [-0.4, -0.2) is 23.0 Å². The Bertz CT molecular complexity index is 1320. The largest absolute Gasteiger partial charge is 0.505 e. The van der Waals surface area contributed by atoms with E-state index in [1.165, 1.54) is 18.2 Å². The Balaban J connectivity index is 1.70. The van der Waals surface area contributed by atoms with Crippen LogP contribution in [0.2, 0.25) is 0 Å². The molecule has 0 unspecified atom stereocenters. The number of carbonyl (C=O) groups excluding carboxylic acids is 3. The molecule has 0 radical (unpaired) electrons. The summed E-state index contributed by atoms with van der Waals surface area (Å²) in [4.78, 5) is 37.3. The predicted octanol–water partition coefficient (Wildman–Crippen LogP) is 5.72. The summed E-state index contributed by atoms with van der Waals surface area (Å²) in [6.07, 6.45) is 1.92. The van der Waals surface area contributed by atoms with Gasteiger partial charge >= 0.3 is 6.09 Å². The summed E-state index contributed by atoms with van der Waals surface area (Å²) in [5, 5.41) is 14.5. The first-order valence-corrected chi connectivity index (χ1v) is 11.9. The number of carbonyl (C=O) groups is 3. The molecule has 5 N–H and O–H groups in total. The number of amides is 3. The minimum absolute atomic E-state index is 0.275. The maximum Gasteiger partial charge on any atom is 0.414 e. The van der Waals surface area contributed by atoms with E-state index >= 15 is 0 Å². The average molecular weight is 520 g/mol. The Morgan fingerprint density at radius 3 is 2.42 bits per heavy atom. The molecule has 0 bridgehead atoms. The third-order valence-electron chi connectivity index (χ3n) is 5.90. The Morgan fingerprint density at radius 1 is 1.05 bits per heavy atom. The van der Waals surface area contributed by atoms with Crippen LogP contribution in [0.4, 0.5) is 20.6 Å². The molecule has 9 heteroatoms. The Morgan fingerprint density at radius 2 is 1.74 bits per heavy atom. The number of aromatic hydroxyl groups is 1. The second-order valence-electron chi connectivity index (χ2n) is 9.32. The van der Waals surface area contributed by atoms with Gasteiger partial charge < -0.3 is 20.9 Å². The van der Waals surface area contributed by atoms with Gasteiger partial charge in [-0.3, -0.25) is 14.9 Å². The van der Waals surface area contributed by atoms with Gasteiger partial charge in [0.25, 0.3) is 5.91 Å². The van der Waals surface area contributed by atoms with E-state index < -0.39 is 35.1 Å². The van der Waals surface area contributed by atoms with E-state index in [1.807, 2.05) is 13.8 Å². The molecule has 38 heavy (non-hydrogen) atoms. The molecule has 0 heterocycles. The molecule has 0 aliphatic carbocycles. The molecule has 3 aromatic rings. The van der Waals surface area contributed by atoms with Crippen molar-refractivity contribution in [1.82, 2.24) is 5.32 Å². The number of phenolic OH excluding ortho intramolecular Hbond substituents is 1. The van der Waals surface area contributed by atoms with Crippen LogP contribution in [0.5, 0.6) is 5.75 Å². The van der Waals surface area contributed by atoms with Gasteiger partial charge in [-0.2, -0.15) is 0 Å². The van der Waals surface area contributed by atoms with Crippen LogP contribution in [-0.2, 0) is 9.53 Å². The lowest BCUT2D eigenvalue weighted by Gasteiger charge is -2.34. The third kappa shape index (κ3) is 7.67. The second kappa shape index (κ2) is 12.5. The van der Waals surface area contributed by atoms with Crippen molar-refractivity contribution in [3.63, 3.8) is 0 Å². The van der Waals surface area contributed by atoms with Gasteiger partial charge in [-0.15, -0.1) is 0 Å². The van der Waals surface area contributed by atoms with Crippen LogP contribution < -0.4 is 16.4 Å². The van der Waals surface area contributed by atoms with Gasteiger partial charge in [-0.25, -0.2) is 9.18 Å². The van der Waals surface area contributed by atoms with E-state index in [2.05, 4.69) is 10.6 Å². The number of ether oxygens (including phenoxy) is 1. The molecule has 0 saturated carbocycles. The number of hydrogen-bond acceptors (Lipinski definition) is 6. The number of nitrogens with two attached hydrogens (primary N) is 1. The van der Waals surface area contributed by atoms with Crippen LogP contribution in [0.25, 0.3) is 0 Å². The summed E-state index contributed by atoms with van der Waals surface area (Å²) in [5.74, 6) is -2.41. The summed E-state index contributed by atoms with van der Waals surface area (Å²) in [5.41, 5.74) is 6.60. The van der Waals surface area contributed by atoms with Gasteiger partial charge in [0.15, 0.2) is 11.6 Å². The van der Waals surface area contributed by atoms with Crippen LogP contribution >= 0.6 is 0 Å². The molecule has 0 fully saturated rings. The molecular formula is C29H30FN3O5. The lowest BCUT2D eigenvalue weighted by atomic mass is 9.78. The Labute approximate surface area is 220 Å². The standard InChI is InChI=1S/C29H30FN3O5/c1-29(2,17-9-8-14-25(35)32-23-13-7-6-12-22(23)31)26(20-15-16-24(34)21(30)18-20)38-28(37)33-27(36)19-10-4-3-5-11-19/h3-8,10-16,18,26,34H,9,17,31H2,1-2H3,(H,32,35)(H,33,36,37)/b14-8+/t26-/m0/s1. The summed E-state index contributed by atoms with van der Waals surface area (Å²) in [6, 6.07) is 18.8. The van der Waals surface area contributed by atoms with Crippen LogP contribution in [0.1, 0.15) is 48.7 Å². The molecular weight excluding hydrogens is 489 g/mol. The molecule has 3 amide bonds. The molecule has 198 valence electrons. The molecule has 8 nitrogen and oxygen atoms in total. The van der Waals surface area contributed by atoms with Crippen LogP contribution in [0, 0.1) is 11.2 Å². The Hall–Kier alpha value is -4.66. The van der Waals surface area contributed by atoms with Crippen molar-refractivity contribution in [1.29, 1.82) is 0 Å². The molecule has 0 saturated heterocycles. The number of benzene rings is 3. The van der Waals surface area contributed by atoms with E-state index in [4.69, 9.17) is 10.5 Å². The second-order valence-corrected chi connectivity index (χ2v) is 9.32. The monoisotopic (exact) mass is 519 g/mol. The molecule has 1 atom stereocenters. The summed E-state index contributed by atoms with van der Waals surface area (Å²) < 4.78 is 19.8. The highest BCUT2D eigenvalue weighted by Crippen LogP contribution is 2.41. The fourth-order valence-corrected chi connectivity index (χ4v) is 3.82. The number of alkyl carbamates (subject to hydrolysis) is 1. The number of hydrogen-bond donors (Lipinski definition) is 4. The van der Waals surface area contributed by atoms with Crippen molar-refractivity contribution in [3.8, 4) is 5.75 Å². The average Bonchev–Trinajstić information content (AvgIpc) is 2.89. The van der Waals surface area contributed by atoms with Crippen molar-refractivity contribution >= 4 is 29.3 Å². The Kier molecular flexibility index (Phi) is 9.21. The molecule has 0 aliphatic rings. The van der Waals surface area contributed by atoms with E-state index in [0.29, 0.717) is 29.8 Å². The van der Waals surface area contributed by atoms with Crippen molar-refractivity contribution in [2.75, 3.05) is 11.1 Å². The number of phenols is 1. The number of nitrogens with one attached hydrogen (secondary N) is 2. The normalized spacial score (nSPS) is 12.1. The summed E-state index contributed by atoms with van der Waals surface area (Å²) >= 11 is 0. The number of allylic oxidation sites excluding steroid dienone is 1. The fourth-order valence-electron chi connectivity index (χ4n) is 3.82. The number of nitrogen functional groups attached to an aromatic ring is 1. The molecule has 0 aliphatic heterocycles. The zero-order valence-electron chi connectivity index (χ0n) is 21.1. The molecule has 3 aromatic carbocycles. The number of imide groups is 1. The summed E-state index contributed by atoms with van der Waals surface area (Å²) in [6.45, 7) is 3.63. The van der Waals surface area contributed by atoms with Gasteiger partial charge in [0.2, 0.25) is 5.91 Å². The minimum atomic E-state index is -0.999. The first-order chi connectivity index (χ1) is 18.1. The molecule has 0 aromatic heterocycles. The number of anilines is 2. The SMILES string of the molecule is CC(C)(CC/C=C/C(=O)Nc1ccccc1N)[C@@H](OC(=O)NC(=O)c1ccccc1)c1ccc(O)c(F)c1. The lowest BCUT2D eigenvalue weighted by Crippen LogP contribution is -2.35. The predicted molar refractivity (Wildman–Crippen MR) is 143 cm³/mol. The highest BCUT2D eigenvalue weighted by Gasteiger charge is 2.34. The maximum atomic E-state index is 14.2. The van der Waals surface area contributed by atoms with Crippen molar-refractivity contribution in [3.05, 3.63) is 102 Å². The van der Waals surface area contributed by atoms with E-state index in [9.17, 15) is 23.9 Å². The van der Waals surface area contributed by atoms with Gasteiger partial charge in [0.1, 0.15) is 6.10 Å². The van der Waals surface area contributed by atoms with Crippen molar-refractivity contribution in [2.45, 2.75) is 32.8 Å². The first-order valence-electron chi connectivity index (χ1n) is 11.9. The highest BCUT2D eigenvalue weighted by molar-refractivity contribution is 6.03. The topological polar surface area (TPSA) is 131 Å². The zero-order valence-corrected chi connectivity index (χ0v) is 21.1. The van der Waals surface area contributed by atoms with Gasteiger partial charge in [-0.1, -0.05) is 56.3 Å². The third-order valence-corrected chi connectivity index (χ3v) is 5.90. The van der Waals surface area contributed by atoms with Gasteiger partial charge in [0, 0.05) is 11.0 Å². The van der Waals surface area contributed by atoms with E-state index in [1.54, 1.807) is 60.7 Å². The van der Waals surface area contributed by atoms with E-state index in [-0.39, 0.29) is 11.5 Å².